The molecule has 0 aliphatic carbocycles. The van der Waals surface area contributed by atoms with Crippen molar-refractivity contribution in [1.82, 2.24) is 0 Å². The maximum Gasteiger partial charge on any atom is 0.166 e. The number of methoxy groups -OCH3 is 1. The number of nitrogens with two attached hydrogens (primary N) is 1. The van der Waals surface area contributed by atoms with E-state index in [1.54, 1.807) is 7.11 Å². The van der Waals surface area contributed by atoms with Gasteiger partial charge in [0.05, 0.1) is 7.11 Å². The van der Waals surface area contributed by atoms with Gasteiger partial charge in [-0.2, -0.15) is 0 Å². The summed E-state index contributed by atoms with van der Waals surface area (Å²) < 4.78 is 10.9. The van der Waals surface area contributed by atoms with Crippen LogP contribution in [0.3, 0.4) is 0 Å². The third-order valence-corrected chi connectivity index (χ3v) is 2.22. The molecule has 88 valence electrons. The topological polar surface area (TPSA) is 44.5 Å². The molecule has 0 fully saturated rings. The lowest BCUT2D eigenvalue weighted by Crippen LogP contribution is -2.04. The molecule has 0 unspecified atom stereocenters. The van der Waals surface area contributed by atoms with Crippen molar-refractivity contribution >= 4 is 0 Å². The third kappa shape index (κ3) is 3.28. The number of para-hydroxylation sites is 1. The number of allylic oxidation sites excluding steroid dienone is 1. The Morgan fingerprint density at radius 1 is 1.38 bits per heavy atom. The first-order valence-corrected chi connectivity index (χ1v) is 5.31. The molecule has 1 aromatic rings. The lowest BCUT2D eigenvalue weighted by Gasteiger charge is -2.13. The average Bonchev–Trinajstić information content (AvgIpc) is 2.28. The minimum Gasteiger partial charge on any atom is -0.493 e. The summed E-state index contributed by atoms with van der Waals surface area (Å²) in [5, 5.41) is 0. The maximum atomic E-state index is 5.68. The molecule has 1 aromatic carbocycles. The largest absolute Gasteiger partial charge is 0.493 e. The maximum absolute atomic E-state index is 5.68. The van der Waals surface area contributed by atoms with Crippen molar-refractivity contribution < 1.29 is 9.47 Å². The van der Waals surface area contributed by atoms with Crippen LogP contribution in [0.5, 0.6) is 11.5 Å². The van der Waals surface area contributed by atoms with Gasteiger partial charge in [0.2, 0.25) is 0 Å². The fourth-order valence-corrected chi connectivity index (χ4v) is 1.34. The van der Waals surface area contributed by atoms with Crippen molar-refractivity contribution in [3.05, 3.63) is 35.4 Å². The van der Waals surface area contributed by atoms with Crippen LogP contribution in [0, 0.1) is 0 Å². The van der Waals surface area contributed by atoms with E-state index in [0.29, 0.717) is 13.2 Å². The molecule has 2 N–H and O–H groups in total. The second-order valence-electron chi connectivity index (χ2n) is 3.75. The molecule has 0 spiro atoms. The molecular weight excluding hydrogens is 202 g/mol. The highest BCUT2D eigenvalue weighted by molar-refractivity contribution is 5.46. The van der Waals surface area contributed by atoms with Crippen LogP contribution in [0.2, 0.25) is 0 Å². The van der Waals surface area contributed by atoms with Crippen LogP contribution in [0.25, 0.3) is 0 Å². The summed E-state index contributed by atoms with van der Waals surface area (Å²) in [4.78, 5) is 0. The lowest BCUT2D eigenvalue weighted by molar-refractivity contribution is 0.322. The summed E-state index contributed by atoms with van der Waals surface area (Å²) in [5.74, 6) is 1.47. The van der Waals surface area contributed by atoms with Gasteiger partial charge in [-0.25, -0.2) is 0 Å². The van der Waals surface area contributed by atoms with Crippen molar-refractivity contribution in [1.29, 1.82) is 0 Å². The SMILES string of the molecule is COc1cccc(CN)c1OCC=C(C)C. The van der Waals surface area contributed by atoms with Gasteiger partial charge in [0.15, 0.2) is 11.5 Å². The second-order valence-corrected chi connectivity index (χ2v) is 3.75. The van der Waals surface area contributed by atoms with Gasteiger partial charge < -0.3 is 15.2 Å². The molecule has 3 heteroatoms. The normalized spacial score (nSPS) is 9.75. The van der Waals surface area contributed by atoms with Gasteiger partial charge in [-0.05, 0) is 26.0 Å². The van der Waals surface area contributed by atoms with Crippen molar-refractivity contribution in [3.63, 3.8) is 0 Å². The van der Waals surface area contributed by atoms with Gasteiger partial charge in [-0.3, -0.25) is 0 Å². The van der Waals surface area contributed by atoms with E-state index in [0.717, 1.165) is 17.1 Å². The Kier molecular flexibility index (Phi) is 4.86. The Morgan fingerprint density at radius 2 is 2.12 bits per heavy atom. The standard InChI is InChI=1S/C13H19NO2/c1-10(2)7-8-16-13-11(9-14)5-4-6-12(13)15-3/h4-7H,8-9,14H2,1-3H3. The third-order valence-electron chi connectivity index (χ3n) is 2.22. The zero-order valence-corrected chi connectivity index (χ0v) is 10.1. The van der Waals surface area contributed by atoms with Crippen LogP contribution in [-0.2, 0) is 6.54 Å². The Hall–Kier alpha value is -1.48. The van der Waals surface area contributed by atoms with Gasteiger partial charge in [0.1, 0.15) is 6.61 Å². The summed E-state index contributed by atoms with van der Waals surface area (Å²) in [7, 11) is 1.63. The second kappa shape index (κ2) is 6.18. The molecule has 0 saturated heterocycles. The minimum absolute atomic E-state index is 0.446. The molecule has 0 atom stereocenters. The minimum atomic E-state index is 0.446. The Labute approximate surface area is 96.9 Å². The van der Waals surface area contributed by atoms with Gasteiger partial charge in [-0.15, -0.1) is 0 Å². The number of benzene rings is 1. The Balaban J connectivity index is 2.86. The van der Waals surface area contributed by atoms with E-state index >= 15 is 0 Å². The number of ether oxygens (including phenoxy) is 2. The Morgan fingerprint density at radius 3 is 2.69 bits per heavy atom. The van der Waals surface area contributed by atoms with Gasteiger partial charge in [0, 0.05) is 12.1 Å². The fraction of sp³-hybridized carbons (Fsp3) is 0.385. The smallest absolute Gasteiger partial charge is 0.166 e. The summed E-state index contributed by atoms with van der Waals surface area (Å²) in [6.45, 7) is 5.06. The molecule has 1 rings (SSSR count). The van der Waals surface area contributed by atoms with E-state index in [2.05, 4.69) is 0 Å². The first-order chi connectivity index (χ1) is 7.69. The zero-order valence-electron chi connectivity index (χ0n) is 10.1. The monoisotopic (exact) mass is 221 g/mol. The molecule has 3 nitrogen and oxygen atoms in total. The van der Waals surface area contributed by atoms with Crippen LogP contribution in [0.15, 0.2) is 29.8 Å². The molecule has 16 heavy (non-hydrogen) atoms. The molecule has 0 heterocycles. The molecular formula is C13H19NO2. The van der Waals surface area contributed by atoms with Crippen molar-refractivity contribution in [3.8, 4) is 11.5 Å². The molecule has 0 aromatic heterocycles. The number of rotatable bonds is 5. The van der Waals surface area contributed by atoms with Crippen LogP contribution in [0.4, 0.5) is 0 Å². The molecule has 0 bridgehead atoms. The van der Waals surface area contributed by atoms with Crippen LogP contribution >= 0.6 is 0 Å². The van der Waals surface area contributed by atoms with Crippen LogP contribution < -0.4 is 15.2 Å². The highest BCUT2D eigenvalue weighted by atomic mass is 16.5. The summed E-state index contributed by atoms with van der Waals surface area (Å²) in [5.41, 5.74) is 7.84. The molecule has 0 saturated carbocycles. The first kappa shape index (κ1) is 12.6. The number of hydrogen-bond donors (Lipinski definition) is 1. The molecule has 0 aliphatic rings. The number of hydrogen-bond acceptors (Lipinski definition) is 3. The van der Waals surface area contributed by atoms with Crippen LogP contribution in [0.1, 0.15) is 19.4 Å². The summed E-state index contributed by atoms with van der Waals surface area (Å²) in [6.07, 6.45) is 2.02. The fourth-order valence-electron chi connectivity index (χ4n) is 1.34. The first-order valence-electron chi connectivity index (χ1n) is 5.31. The van der Waals surface area contributed by atoms with E-state index in [9.17, 15) is 0 Å². The van der Waals surface area contributed by atoms with Crippen molar-refractivity contribution in [2.45, 2.75) is 20.4 Å². The predicted molar refractivity (Wildman–Crippen MR) is 65.8 cm³/mol. The predicted octanol–water partition coefficient (Wildman–Crippen LogP) is 2.50. The molecule has 0 radical (unpaired) electrons. The van der Waals surface area contributed by atoms with E-state index in [4.69, 9.17) is 15.2 Å². The zero-order chi connectivity index (χ0) is 12.0. The van der Waals surface area contributed by atoms with Gasteiger partial charge in [0.25, 0.3) is 0 Å². The Bertz CT molecular complexity index is 346. The van der Waals surface area contributed by atoms with E-state index < -0.39 is 0 Å². The average molecular weight is 221 g/mol. The van der Waals surface area contributed by atoms with Gasteiger partial charge in [-0.1, -0.05) is 17.7 Å². The molecule has 0 aliphatic heterocycles. The van der Waals surface area contributed by atoms with Crippen molar-refractivity contribution in [2.24, 2.45) is 5.73 Å². The van der Waals surface area contributed by atoms with Crippen LogP contribution in [-0.4, -0.2) is 13.7 Å². The van der Waals surface area contributed by atoms with Crippen molar-refractivity contribution in [2.75, 3.05) is 13.7 Å². The van der Waals surface area contributed by atoms with E-state index in [1.165, 1.54) is 5.57 Å². The molecule has 0 amide bonds. The van der Waals surface area contributed by atoms with E-state index in [1.807, 2.05) is 38.1 Å². The lowest BCUT2D eigenvalue weighted by atomic mass is 10.2. The van der Waals surface area contributed by atoms with Gasteiger partial charge >= 0.3 is 0 Å². The quantitative estimate of drug-likeness (QED) is 0.777. The highest BCUT2D eigenvalue weighted by Crippen LogP contribution is 2.30. The van der Waals surface area contributed by atoms with E-state index in [-0.39, 0.29) is 0 Å². The highest BCUT2D eigenvalue weighted by Gasteiger charge is 2.08. The summed E-state index contributed by atoms with van der Waals surface area (Å²) >= 11 is 0. The summed E-state index contributed by atoms with van der Waals surface area (Å²) in [6, 6.07) is 5.73.